The molecule has 1 heterocycles. The third kappa shape index (κ3) is 3.70. The Morgan fingerprint density at radius 1 is 1.10 bits per heavy atom. The van der Waals surface area contributed by atoms with Gasteiger partial charge in [0, 0.05) is 10.6 Å². The van der Waals surface area contributed by atoms with Gasteiger partial charge < -0.3 is 4.42 Å². The Hall–Kier alpha value is -2.14. The summed E-state index contributed by atoms with van der Waals surface area (Å²) < 4.78 is 18.7. The molecule has 5 heteroatoms. The molecule has 0 N–H and O–H groups in total. The highest BCUT2D eigenvalue weighted by molar-refractivity contribution is 7.98. The molecule has 0 radical (unpaired) electrons. The molecule has 1 aromatic heterocycles. The van der Waals surface area contributed by atoms with Gasteiger partial charge in [-0.15, -0.1) is 22.0 Å². The summed E-state index contributed by atoms with van der Waals surface area (Å²) in [5, 5.41) is 7.54. The Labute approximate surface area is 126 Å². The topological polar surface area (TPSA) is 38.9 Å². The van der Waals surface area contributed by atoms with Crippen molar-refractivity contribution in [3.63, 3.8) is 0 Å². The van der Waals surface area contributed by atoms with Crippen LogP contribution < -0.4 is 0 Å². The number of halogens is 1. The molecule has 0 saturated carbocycles. The van der Waals surface area contributed by atoms with E-state index in [2.05, 4.69) is 16.3 Å². The number of nitrogens with zero attached hydrogens (tertiary/aromatic N) is 2. The standard InChI is InChI=1S/C16H13FN2OS/c17-15-7-2-1-5-13(15)10-21-14-6-3-4-12(8-14)9-16-19-18-11-20-16/h1-8,11H,9-10H2. The van der Waals surface area contributed by atoms with Crippen molar-refractivity contribution in [1.29, 1.82) is 0 Å². The van der Waals surface area contributed by atoms with Crippen molar-refractivity contribution in [3.8, 4) is 0 Å². The number of rotatable bonds is 5. The number of thioether (sulfide) groups is 1. The van der Waals surface area contributed by atoms with Gasteiger partial charge in [-0.1, -0.05) is 30.3 Å². The first-order valence-corrected chi connectivity index (χ1v) is 7.50. The van der Waals surface area contributed by atoms with Crippen molar-refractivity contribution in [3.05, 3.63) is 77.8 Å². The summed E-state index contributed by atoms with van der Waals surface area (Å²) in [7, 11) is 0. The molecule has 3 aromatic rings. The van der Waals surface area contributed by atoms with E-state index in [1.54, 1.807) is 17.8 Å². The second-order valence-electron chi connectivity index (χ2n) is 4.54. The van der Waals surface area contributed by atoms with Crippen molar-refractivity contribution in [1.82, 2.24) is 10.2 Å². The molecular weight excluding hydrogens is 287 g/mol. The van der Waals surface area contributed by atoms with Crippen LogP contribution in [0.2, 0.25) is 0 Å². The lowest BCUT2D eigenvalue weighted by atomic mass is 10.1. The molecular formula is C16H13FN2OS. The molecule has 0 fully saturated rings. The van der Waals surface area contributed by atoms with Gasteiger partial charge in [0.15, 0.2) is 0 Å². The maximum absolute atomic E-state index is 13.6. The average molecular weight is 300 g/mol. The molecule has 0 aliphatic carbocycles. The van der Waals surface area contributed by atoms with Gasteiger partial charge in [0.25, 0.3) is 0 Å². The fourth-order valence-corrected chi connectivity index (χ4v) is 2.94. The lowest BCUT2D eigenvalue weighted by Crippen LogP contribution is -1.90. The molecule has 21 heavy (non-hydrogen) atoms. The number of hydrogen-bond acceptors (Lipinski definition) is 4. The molecule has 0 aliphatic heterocycles. The molecule has 3 nitrogen and oxygen atoms in total. The van der Waals surface area contributed by atoms with E-state index in [0.29, 0.717) is 23.6 Å². The summed E-state index contributed by atoms with van der Waals surface area (Å²) in [6.45, 7) is 0. The van der Waals surface area contributed by atoms with Gasteiger partial charge in [-0.05, 0) is 29.3 Å². The predicted molar refractivity (Wildman–Crippen MR) is 79.5 cm³/mol. The van der Waals surface area contributed by atoms with Crippen LogP contribution in [0.25, 0.3) is 0 Å². The molecule has 0 aliphatic rings. The average Bonchev–Trinajstić information content (AvgIpc) is 3.00. The van der Waals surface area contributed by atoms with E-state index >= 15 is 0 Å². The molecule has 0 bridgehead atoms. The number of benzene rings is 2. The van der Waals surface area contributed by atoms with Crippen molar-refractivity contribution in [2.75, 3.05) is 0 Å². The zero-order valence-electron chi connectivity index (χ0n) is 11.2. The van der Waals surface area contributed by atoms with Gasteiger partial charge in [0.05, 0.1) is 6.42 Å². The number of aromatic nitrogens is 2. The lowest BCUT2D eigenvalue weighted by Gasteiger charge is -2.05. The highest BCUT2D eigenvalue weighted by Gasteiger charge is 2.05. The minimum atomic E-state index is -0.160. The van der Waals surface area contributed by atoms with Crippen LogP contribution in [0.3, 0.4) is 0 Å². The SMILES string of the molecule is Fc1ccccc1CSc1cccc(Cc2nnco2)c1. The Balaban J connectivity index is 1.67. The lowest BCUT2D eigenvalue weighted by molar-refractivity contribution is 0.504. The monoisotopic (exact) mass is 300 g/mol. The maximum Gasteiger partial charge on any atom is 0.220 e. The molecule has 0 unspecified atom stereocenters. The van der Waals surface area contributed by atoms with Gasteiger partial charge in [-0.25, -0.2) is 4.39 Å². The molecule has 3 rings (SSSR count). The quantitative estimate of drug-likeness (QED) is 0.665. The first-order chi connectivity index (χ1) is 10.3. The van der Waals surface area contributed by atoms with Gasteiger partial charge >= 0.3 is 0 Å². The van der Waals surface area contributed by atoms with E-state index in [9.17, 15) is 4.39 Å². The van der Waals surface area contributed by atoms with Crippen LogP contribution in [0.4, 0.5) is 4.39 Å². The van der Waals surface area contributed by atoms with Gasteiger partial charge in [-0.2, -0.15) is 0 Å². The summed E-state index contributed by atoms with van der Waals surface area (Å²) in [4.78, 5) is 1.09. The van der Waals surface area contributed by atoms with Gasteiger partial charge in [-0.3, -0.25) is 0 Å². The summed E-state index contributed by atoms with van der Waals surface area (Å²) in [6.07, 6.45) is 1.93. The van der Waals surface area contributed by atoms with Gasteiger partial charge in [0.1, 0.15) is 5.82 Å². The molecule has 0 saturated heterocycles. The largest absolute Gasteiger partial charge is 0.428 e. The third-order valence-electron chi connectivity index (χ3n) is 3.01. The van der Waals surface area contributed by atoms with Crippen LogP contribution in [-0.2, 0) is 12.2 Å². The summed E-state index contributed by atoms with van der Waals surface area (Å²) in [5.74, 6) is 1.04. The maximum atomic E-state index is 13.6. The van der Waals surface area contributed by atoms with E-state index in [4.69, 9.17) is 4.42 Å². The van der Waals surface area contributed by atoms with Crippen LogP contribution in [0, 0.1) is 5.82 Å². The molecule has 0 atom stereocenters. The molecule has 106 valence electrons. The molecule has 0 amide bonds. The van der Waals surface area contributed by atoms with Crippen molar-refractivity contribution in [2.45, 2.75) is 17.1 Å². The van der Waals surface area contributed by atoms with Gasteiger partial charge in [0.2, 0.25) is 12.3 Å². The highest BCUT2D eigenvalue weighted by Crippen LogP contribution is 2.25. The fraction of sp³-hybridized carbons (Fsp3) is 0.125. The Morgan fingerprint density at radius 2 is 2.00 bits per heavy atom. The predicted octanol–water partition coefficient (Wildman–Crippen LogP) is 4.09. The van der Waals surface area contributed by atoms with Crippen molar-refractivity contribution < 1.29 is 8.81 Å². The van der Waals surface area contributed by atoms with E-state index in [-0.39, 0.29) is 5.82 Å². The second kappa shape index (κ2) is 6.54. The van der Waals surface area contributed by atoms with E-state index in [1.165, 1.54) is 12.5 Å². The van der Waals surface area contributed by atoms with E-state index < -0.39 is 0 Å². The Morgan fingerprint density at radius 3 is 2.81 bits per heavy atom. The van der Waals surface area contributed by atoms with Crippen molar-refractivity contribution in [2.24, 2.45) is 0 Å². The van der Waals surface area contributed by atoms with Crippen LogP contribution >= 0.6 is 11.8 Å². The van der Waals surface area contributed by atoms with Crippen molar-refractivity contribution >= 4 is 11.8 Å². The minimum Gasteiger partial charge on any atom is -0.428 e. The minimum absolute atomic E-state index is 0.160. The molecule has 0 spiro atoms. The molecule has 2 aromatic carbocycles. The third-order valence-corrected chi connectivity index (χ3v) is 4.05. The van der Waals surface area contributed by atoms with E-state index in [1.807, 2.05) is 30.3 Å². The second-order valence-corrected chi connectivity index (χ2v) is 5.59. The highest BCUT2D eigenvalue weighted by atomic mass is 32.2. The van der Waals surface area contributed by atoms with Crippen LogP contribution in [-0.4, -0.2) is 10.2 Å². The summed E-state index contributed by atoms with van der Waals surface area (Å²) in [6, 6.07) is 14.9. The Kier molecular flexibility index (Phi) is 4.31. The zero-order chi connectivity index (χ0) is 14.5. The number of hydrogen-bond donors (Lipinski definition) is 0. The Bertz CT molecular complexity index is 716. The summed E-state index contributed by atoms with van der Waals surface area (Å²) in [5.41, 5.74) is 1.81. The van der Waals surface area contributed by atoms with Crippen LogP contribution in [0.5, 0.6) is 0 Å². The van der Waals surface area contributed by atoms with Crippen LogP contribution in [0.15, 0.2) is 64.2 Å². The smallest absolute Gasteiger partial charge is 0.220 e. The first-order valence-electron chi connectivity index (χ1n) is 6.51. The van der Waals surface area contributed by atoms with E-state index in [0.717, 1.165) is 10.5 Å². The first kappa shape index (κ1) is 13.8. The van der Waals surface area contributed by atoms with Crippen LogP contribution in [0.1, 0.15) is 17.0 Å². The fourth-order valence-electron chi connectivity index (χ4n) is 1.97. The normalized spacial score (nSPS) is 10.7. The summed E-state index contributed by atoms with van der Waals surface area (Å²) >= 11 is 1.61. The zero-order valence-corrected chi connectivity index (χ0v) is 12.0.